The molecule has 1 atom stereocenters. The number of rotatable bonds is 5. The van der Waals surface area contributed by atoms with Gasteiger partial charge in [0.1, 0.15) is 0 Å². The Hall–Kier alpha value is -1.32. The van der Waals surface area contributed by atoms with Gasteiger partial charge < -0.3 is 10.1 Å². The van der Waals surface area contributed by atoms with Gasteiger partial charge in [-0.15, -0.1) is 0 Å². The lowest BCUT2D eigenvalue weighted by molar-refractivity contribution is 0.141. The number of hydrogen-bond donors (Lipinski definition) is 1. The fraction of sp³-hybridized carbons (Fsp3) is 0.357. The lowest BCUT2D eigenvalue weighted by atomic mass is 10.2. The minimum Gasteiger partial charge on any atom is -0.380 e. The van der Waals surface area contributed by atoms with E-state index in [9.17, 15) is 0 Å². The van der Waals surface area contributed by atoms with Gasteiger partial charge in [-0.2, -0.15) is 0 Å². The van der Waals surface area contributed by atoms with E-state index in [1.807, 2.05) is 31.2 Å². The molecule has 18 heavy (non-hydrogen) atoms. The summed E-state index contributed by atoms with van der Waals surface area (Å²) in [5, 5.41) is 5.09. The molecule has 3 nitrogen and oxygen atoms in total. The van der Waals surface area contributed by atoms with Gasteiger partial charge in [0, 0.05) is 24.2 Å². The molecule has 0 spiro atoms. The van der Waals surface area contributed by atoms with E-state index in [0.717, 1.165) is 28.2 Å². The Kier molecular flexibility index (Phi) is 4.39. The molecule has 0 saturated carbocycles. The maximum Gasteiger partial charge on any atom is 0.0948 e. The molecular formula is C14H17ClN2O. The topological polar surface area (TPSA) is 34.1 Å². The van der Waals surface area contributed by atoms with Crippen LogP contribution in [0.3, 0.4) is 0 Å². The van der Waals surface area contributed by atoms with Crippen molar-refractivity contribution < 1.29 is 4.74 Å². The molecule has 1 aromatic carbocycles. The summed E-state index contributed by atoms with van der Waals surface area (Å²) in [4.78, 5) is 4.39. The van der Waals surface area contributed by atoms with Gasteiger partial charge in [0.05, 0.1) is 22.8 Å². The number of aromatic nitrogens is 1. The van der Waals surface area contributed by atoms with Crippen LogP contribution in [0.15, 0.2) is 30.5 Å². The molecule has 0 saturated heterocycles. The third-order valence-electron chi connectivity index (χ3n) is 2.69. The summed E-state index contributed by atoms with van der Waals surface area (Å²) in [5.41, 5.74) is 1.88. The van der Waals surface area contributed by atoms with Crippen molar-refractivity contribution in [1.29, 1.82) is 0 Å². The number of benzene rings is 1. The van der Waals surface area contributed by atoms with Crippen LogP contribution in [0.1, 0.15) is 13.8 Å². The third-order valence-corrected chi connectivity index (χ3v) is 3.02. The Balaban J connectivity index is 2.26. The largest absolute Gasteiger partial charge is 0.380 e. The predicted octanol–water partition coefficient (Wildman–Crippen LogP) is 3.73. The molecular weight excluding hydrogens is 248 g/mol. The van der Waals surface area contributed by atoms with Gasteiger partial charge in [0.2, 0.25) is 0 Å². The van der Waals surface area contributed by atoms with Crippen LogP contribution in [-0.2, 0) is 4.74 Å². The Morgan fingerprint density at radius 3 is 3.00 bits per heavy atom. The predicted molar refractivity (Wildman–Crippen MR) is 76.3 cm³/mol. The molecule has 0 amide bonds. The molecule has 1 unspecified atom stereocenters. The van der Waals surface area contributed by atoms with Crippen LogP contribution in [0.5, 0.6) is 0 Å². The summed E-state index contributed by atoms with van der Waals surface area (Å²) < 4.78 is 5.39. The standard InChI is InChI=1S/C14H17ClN2O/c1-3-18-9-10(2)17-13-7-6-12(15)11-5-4-8-16-14(11)13/h4-8,10,17H,3,9H2,1-2H3. The zero-order valence-corrected chi connectivity index (χ0v) is 11.4. The molecule has 4 heteroatoms. The molecule has 2 rings (SSSR count). The van der Waals surface area contributed by atoms with E-state index in [0.29, 0.717) is 6.61 Å². The molecule has 1 heterocycles. The van der Waals surface area contributed by atoms with Crippen molar-refractivity contribution in [3.8, 4) is 0 Å². The van der Waals surface area contributed by atoms with Crippen molar-refractivity contribution in [1.82, 2.24) is 4.98 Å². The number of nitrogens with zero attached hydrogens (tertiary/aromatic N) is 1. The number of pyridine rings is 1. The molecule has 2 aromatic rings. The molecule has 1 N–H and O–H groups in total. The van der Waals surface area contributed by atoms with E-state index < -0.39 is 0 Å². The maximum absolute atomic E-state index is 6.16. The molecule has 0 fully saturated rings. The molecule has 0 radical (unpaired) electrons. The van der Waals surface area contributed by atoms with Crippen LogP contribution < -0.4 is 5.32 Å². The van der Waals surface area contributed by atoms with E-state index in [1.165, 1.54) is 0 Å². The van der Waals surface area contributed by atoms with Gasteiger partial charge in [-0.1, -0.05) is 11.6 Å². The minimum atomic E-state index is 0.233. The SMILES string of the molecule is CCOCC(C)Nc1ccc(Cl)c2cccnc12. The van der Waals surface area contributed by atoms with E-state index in [4.69, 9.17) is 16.3 Å². The highest BCUT2D eigenvalue weighted by atomic mass is 35.5. The zero-order valence-electron chi connectivity index (χ0n) is 10.6. The lowest BCUT2D eigenvalue weighted by Crippen LogP contribution is -2.21. The van der Waals surface area contributed by atoms with Crippen LogP contribution in [0.25, 0.3) is 10.9 Å². The van der Waals surface area contributed by atoms with Crippen LogP contribution in [0.4, 0.5) is 5.69 Å². The molecule has 0 aliphatic rings. The van der Waals surface area contributed by atoms with Crippen molar-refractivity contribution >= 4 is 28.2 Å². The smallest absolute Gasteiger partial charge is 0.0948 e. The first kappa shape index (κ1) is 13.1. The van der Waals surface area contributed by atoms with Gasteiger partial charge in [-0.25, -0.2) is 0 Å². The van der Waals surface area contributed by atoms with Gasteiger partial charge in [0.25, 0.3) is 0 Å². The quantitative estimate of drug-likeness (QED) is 0.894. The number of fused-ring (bicyclic) bond motifs is 1. The Morgan fingerprint density at radius 1 is 1.39 bits per heavy atom. The van der Waals surface area contributed by atoms with Gasteiger partial charge in [-0.05, 0) is 38.1 Å². The highest BCUT2D eigenvalue weighted by molar-refractivity contribution is 6.35. The normalized spacial score (nSPS) is 12.6. The Morgan fingerprint density at radius 2 is 2.22 bits per heavy atom. The molecule has 96 valence electrons. The number of anilines is 1. The monoisotopic (exact) mass is 264 g/mol. The second-order valence-electron chi connectivity index (χ2n) is 4.20. The number of halogens is 1. The lowest BCUT2D eigenvalue weighted by Gasteiger charge is -2.16. The summed E-state index contributed by atoms with van der Waals surface area (Å²) in [6.45, 7) is 5.48. The van der Waals surface area contributed by atoms with E-state index in [2.05, 4.69) is 17.2 Å². The second-order valence-corrected chi connectivity index (χ2v) is 4.61. The van der Waals surface area contributed by atoms with E-state index >= 15 is 0 Å². The summed E-state index contributed by atoms with van der Waals surface area (Å²) in [6, 6.07) is 7.95. The minimum absolute atomic E-state index is 0.233. The van der Waals surface area contributed by atoms with E-state index in [1.54, 1.807) is 6.20 Å². The molecule has 1 aromatic heterocycles. The van der Waals surface area contributed by atoms with Gasteiger partial charge >= 0.3 is 0 Å². The van der Waals surface area contributed by atoms with Crippen LogP contribution >= 0.6 is 11.6 Å². The average Bonchev–Trinajstić information content (AvgIpc) is 2.40. The number of ether oxygens (including phenoxy) is 1. The molecule has 0 aliphatic heterocycles. The van der Waals surface area contributed by atoms with Crippen LogP contribution in [-0.4, -0.2) is 24.2 Å². The highest BCUT2D eigenvalue weighted by Gasteiger charge is 2.08. The summed E-state index contributed by atoms with van der Waals surface area (Å²) in [6.07, 6.45) is 1.77. The van der Waals surface area contributed by atoms with Crippen LogP contribution in [0, 0.1) is 0 Å². The van der Waals surface area contributed by atoms with Crippen molar-refractivity contribution in [3.05, 3.63) is 35.5 Å². The molecule has 0 aliphatic carbocycles. The van der Waals surface area contributed by atoms with Crippen molar-refractivity contribution in [2.75, 3.05) is 18.5 Å². The number of nitrogens with one attached hydrogen (secondary N) is 1. The molecule has 0 bridgehead atoms. The van der Waals surface area contributed by atoms with Gasteiger partial charge in [0.15, 0.2) is 0 Å². The fourth-order valence-electron chi connectivity index (χ4n) is 1.86. The van der Waals surface area contributed by atoms with Crippen LogP contribution in [0.2, 0.25) is 5.02 Å². The second kappa shape index (κ2) is 6.03. The van der Waals surface area contributed by atoms with Crippen molar-refractivity contribution in [2.24, 2.45) is 0 Å². The Labute approximate surface area is 112 Å². The summed E-state index contributed by atoms with van der Waals surface area (Å²) in [7, 11) is 0. The first-order chi connectivity index (χ1) is 8.72. The summed E-state index contributed by atoms with van der Waals surface area (Å²) >= 11 is 6.16. The number of hydrogen-bond acceptors (Lipinski definition) is 3. The summed E-state index contributed by atoms with van der Waals surface area (Å²) in [5.74, 6) is 0. The average molecular weight is 265 g/mol. The first-order valence-electron chi connectivity index (χ1n) is 6.10. The first-order valence-corrected chi connectivity index (χ1v) is 6.47. The fourth-order valence-corrected chi connectivity index (χ4v) is 2.07. The van der Waals surface area contributed by atoms with Crippen molar-refractivity contribution in [2.45, 2.75) is 19.9 Å². The van der Waals surface area contributed by atoms with Gasteiger partial charge in [-0.3, -0.25) is 4.98 Å². The third kappa shape index (κ3) is 2.92. The zero-order chi connectivity index (χ0) is 13.0. The maximum atomic E-state index is 6.16. The Bertz CT molecular complexity index is 530. The highest BCUT2D eigenvalue weighted by Crippen LogP contribution is 2.28. The van der Waals surface area contributed by atoms with Crippen molar-refractivity contribution in [3.63, 3.8) is 0 Å². The van der Waals surface area contributed by atoms with E-state index in [-0.39, 0.29) is 6.04 Å².